The number of likely N-dealkylation sites (N-methyl/N-ethyl adjacent to an activating group) is 1. The van der Waals surface area contributed by atoms with Crippen molar-refractivity contribution in [1.29, 1.82) is 0 Å². The highest BCUT2D eigenvalue weighted by Crippen LogP contribution is 2.15. The maximum Gasteiger partial charge on any atom is 0.257 e. The van der Waals surface area contributed by atoms with Crippen molar-refractivity contribution in [2.75, 3.05) is 13.1 Å². The van der Waals surface area contributed by atoms with Crippen LogP contribution in [0.5, 0.6) is 0 Å². The van der Waals surface area contributed by atoms with E-state index < -0.39 is 5.60 Å². The quantitative estimate of drug-likeness (QED) is 0.891. The summed E-state index contributed by atoms with van der Waals surface area (Å²) in [6.07, 6.45) is 1.62. The average molecular weight is 315 g/mol. The molecule has 5 heteroatoms. The lowest BCUT2D eigenvalue weighted by atomic mass is 10.1. The number of carbonyl (C=O) groups excluding carboxylic acids is 1. The summed E-state index contributed by atoms with van der Waals surface area (Å²) in [5, 5.41) is 14.3. The summed E-state index contributed by atoms with van der Waals surface area (Å²) < 4.78 is 1.83. The molecule has 0 bridgehead atoms. The third kappa shape index (κ3) is 4.42. The second-order valence-corrected chi connectivity index (χ2v) is 6.42. The summed E-state index contributed by atoms with van der Waals surface area (Å²) in [5.41, 5.74) is 1.65. The van der Waals surface area contributed by atoms with E-state index in [4.69, 9.17) is 0 Å². The lowest BCUT2D eigenvalue weighted by Gasteiger charge is -2.28. The van der Waals surface area contributed by atoms with Crippen molar-refractivity contribution < 1.29 is 9.90 Å². The standard InChI is InChI=1S/C18H25N3O2/c1-5-20(13-18(3,4)23)17(22)16-11-19-21(14(16)2)12-15-9-7-6-8-10-15/h6-11,23H,5,12-13H2,1-4H3. The highest BCUT2D eigenvalue weighted by atomic mass is 16.3. The molecule has 0 fully saturated rings. The van der Waals surface area contributed by atoms with Crippen LogP contribution in [0.3, 0.4) is 0 Å². The van der Waals surface area contributed by atoms with Gasteiger partial charge in [-0.3, -0.25) is 9.48 Å². The van der Waals surface area contributed by atoms with Gasteiger partial charge in [0.05, 0.1) is 23.9 Å². The molecule has 2 rings (SSSR count). The van der Waals surface area contributed by atoms with Gasteiger partial charge in [-0.05, 0) is 33.3 Å². The monoisotopic (exact) mass is 315 g/mol. The molecule has 23 heavy (non-hydrogen) atoms. The first-order valence-corrected chi connectivity index (χ1v) is 7.90. The fraction of sp³-hybridized carbons (Fsp3) is 0.444. The summed E-state index contributed by atoms with van der Waals surface area (Å²) >= 11 is 0. The summed E-state index contributed by atoms with van der Waals surface area (Å²) in [6.45, 7) is 8.70. The molecule has 1 aromatic heterocycles. The molecule has 0 unspecified atom stereocenters. The van der Waals surface area contributed by atoms with E-state index in [9.17, 15) is 9.90 Å². The first kappa shape index (κ1) is 17.2. The van der Waals surface area contributed by atoms with E-state index in [1.165, 1.54) is 0 Å². The lowest BCUT2D eigenvalue weighted by Crippen LogP contribution is -2.42. The molecule has 0 aliphatic heterocycles. The Bertz CT molecular complexity index is 657. The van der Waals surface area contributed by atoms with Gasteiger partial charge >= 0.3 is 0 Å². The number of rotatable bonds is 6. The van der Waals surface area contributed by atoms with Crippen molar-refractivity contribution in [3.8, 4) is 0 Å². The van der Waals surface area contributed by atoms with Gasteiger partial charge in [0.2, 0.25) is 0 Å². The zero-order chi connectivity index (χ0) is 17.0. The molecule has 0 saturated heterocycles. The van der Waals surface area contributed by atoms with Gasteiger partial charge in [-0.1, -0.05) is 30.3 Å². The van der Waals surface area contributed by atoms with Gasteiger partial charge < -0.3 is 10.0 Å². The third-order valence-corrected chi connectivity index (χ3v) is 3.76. The molecule has 5 nitrogen and oxygen atoms in total. The second kappa shape index (κ2) is 6.96. The van der Waals surface area contributed by atoms with Gasteiger partial charge in [0, 0.05) is 18.8 Å². The van der Waals surface area contributed by atoms with Crippen LogP contribution in [0.4, 0.5) is 0 Å². The van der Waals surface area contributed by atoms with Crippen LogP contribution in [0.2, 0.25) is 0 Å². The molecule has 0 saturated carbocycles. The van der Waals surface area contributed by atoms with Gasteiger partial charge in [-0.2, -0.15) is 5.10 Å². The van der Waals surface area contributed by atoms with Crippen LogP contribution >= 0.6 is 0 Å². The van der Waals surface area contributed by atoms with Crippen LogP contribution in [0.15, 0.2) is 36.5 Å². The Balaban J connectivity index is 2.19. The lowest BCUT2D eigenvalue weighted by molar-refractivity contribution is 0.0314. The number of amides is 1. The Morgan fingerprint density at radius 1 is 1.30 bits per heavy atom. The van der Waals surface area contributed by atoms with E-state index in [0.29, 0.717) is 25.2 Å². The topological polar surface area (TPSA) is 58.4 Å². The maximum atomic E-state index is 12.7. The molecule has 0 spiro atoms. The van der Waals surface area contributed by atoms with E-state index in [1.54, 1.807) is 24.9 Å². The van der Waals surface area contributed by atoms with Gasteiger partial charge in [0.1, 0.15) is 0 Å². The number of nitrogens with zero attached hydrogens (tertiary/aromatic N) is 3. The van der Waals surface area contributed by atoms with Gasteiger partial charge in [0.25, 0.3) is 5.91 Å². The van der Waals surface area contributed by atoms with Crippen molar-refractivity contribution in [2.45, 2.75) is 39.8 Å². The summed E-state index contributed by atoms with van der Waals surface area (Å²) in [4.78, 5) is 14.4. The van der Waals surface area contributed by atoms with E-state index in [2.05, 4.69) is 5.10 Å². The highest BCUT2D eigenvalue weighted by molar-refractivity contribution is 5.95. The zero-order valence-corrected chi connectivity index (χ0v) is 14.3. The zero-order valence-electron chi connectivity index (χ0n) is 14.3. The van der Waals surface area contributed by atoms with Crippen molar-refractivity contribution in [3.63, 3.8) is 0 Å². The van der Waals surface area contributed by atoms with Crippen LogP contribution < -0.4 is 0 Å². The van der Waals surface area contributed by atoms with Crippen molar-refractivity contribution in [3.05, 3.63) is 53.3 Å². The molecular formula is C18H25N3O2. The molecule has 0 atom stereocenters. The van der Waals surface area contributed by atoms with Crippen molar-refractivity contribution in [2.24, 2.45) is 0 Å². The van der Waals surface area contributed by atoms with E-state index in [0.717, 1.165) is 11.3 Å². The smallest absolute Gasteiger partial charge is 0.257 e. The van der Waals surface area contributed by atoms with E-state index in [-0.39, 0.29) is 5.91 Å². The molecule has 2 aromatic rings. The fourth-order valence-corrected chi connectivity index (χ4v) is 2.54. The number of aliphatic hydroxyl groups is 1. The van der Waals surface area contributed by atoms with Crippen LogP contribution in [-0.4, -0.2) is 44.4 Å². The fourth-order valence-electron chi connectivity index (χ4n) is 2.54. The predicted molar refractivity (Wildman–Crippen MR) is 90.4 cm³/mol. The summed E-state index contributed by atoms with van der Waals surface area (Å²) in [7, 11) is 0. The molecule has 1 amide bonds. The minimum Gasteiger partial charge on any atom is -0.389 e. The first-order valence-electron chi connectivity index (χ1n) is 7.90. The number of hydrogen-bond donors (Lipinski definition) is 1. The Hall–Kier alpha value is -2.14. The highest BCUT2D eigenvalue weighted by Gasteiger charge is 2.24. The van der Waals surface area contributed by atoms with Gasteiger partial charge in [-0.15, -0.1) is 0 Å². The second-order valence-electron chi connectivity index (χ2n) is 6.42. The molecule has 124 valence electrons. The molecule has 0 aliphatic rings. The molecular weight excluding hydrogens is 290 g/mol. The summed E-state index contributed by atoms with van der Waals surface area (Å²) in [5.74, 6) is -0.0913. The number of hydrogen-bond acceptors (Lipinski definition) is 3. The maximum absolute atomic E-state index is 12.7. The van der Waals surface area contributed by atoms with Crippen molar-refractivity contribution >= 4 is 5.91 Å². The average Bonchev–Trinajstić information content (AvgIpc) is 2.85. The molecule has 1 aromatic carbocycles. The number of carbonyl (C=O) groups is 1. The molecule has 1 N–H and O–H groups in total. The van der Waals surface area contributed by atoms with Crippen LogP contribution in [0.25, 0.3) is 0 Å². The Morgan fingerprint density at radius 2 is 1.96 bits per heavy atom. The van der Waals surface area contributed by atoms with E-state index in [1.807, 2.05) is 48.9 Å². The van der Waals surface area contributed by atoms with Crippen LogP contribution in [0.1, 0.15) is 42.4 Å². The third-order valence-electron chi connectivity index (χ3n) is 3.76. The van der Waals surface area contributed by atoms with Crippen molar-refractivity contribution in [1.82, 2.24) is 14.7 Å². The summed E-state index contributed by atoms with van der Waals surface area (Å²) in [6, 6.07) is 10.0. The minimum atomic E-state index is -0.917. The molecule has 0 aliphatic carbocycles. The Kier molecular flexibility index (Phi) is 5.21. The normalized spacial score (nSPS) is 11.5. The van der Waals surface area contributed by atoms with E-state index >= 15 is 0 Å². The number of aromatic nitrogens is 2. The van der Waals surface area contributed by atoms with Gasteiger partial charge in [-0.25, -0.2) is 0 Å². The molecule has 0 radical (unpaired) electrons. The predicted octanol–water partition coefficient (Wildman–Crippen LogP) is 2.47. The first-order chi connectivity index (χ1) is 10.8. The van der Waals surface area contributed by atoms with Crippen LogP contribution in [0, 0.1) is 6.92 Å². The van der Waals surface area contributed by atoms with Crippen LogP contribution in [-0.2, 0) is 6.54 Å². The van der Waals surface area contributed by atoms with Gasteiger partial charge in [0.15, 0.2) is 0 Å². The number of benzene rings is 1. The SMILES string of the molecule is CCN(CC(C)(C)O)C(=O)c1cnn(Cc2ccccc2)c1C. The Labute approximate surface area is 137 Å². The largest absolute Gasteiger partial charge is 0.389 e. The minimum absolute atomic E-state index is 0.0913. The molecule has 1 heterocycles. The Morgan fingerprint density at radius 3 is 2.52 bits per heavy atom.